The summed E-state index contributed by atoms with van der Waals surface area (Å²) in [5, 5.41) is 2.59. The summed E-state index contributed by atoms with van der Waals surface area (Å²) in [5.41, 5.74) is 1.70. The number of benzene rings is 1. The SMILES string of the molecule is CC1C(=O)NCC(=O)N1c1ccccc1N(C)C. The average Bonchev–Trinajstić information content (AvgIpc) is 2.35. The Morgan fingerprint density at radius 1 is 1.28 bits per heavy atom. The van der Waals surface area contributed by atoms with Gasteiger partial charge < -0.3 is 10.2 Å². The van der Waals surface area contributed by atoms with Crippen LogP contribution in [-0.4, -0.2) is 38.5 Å². The van der Waals surface area contributed by atoms with E-state index in [2.05, 4.69) is 5.32 Å². The minimum absolute atomic E-state index is 0.0605. The normalized spacial score (nSPS) is 19.7. The second-order valence-electron chi connectivity index (χ2n) is 4.54. The van der Waals surface area contributed by atoms with Crippen LogP contribution in [0.2, 0.25) is 0 Å². The smallest absolute Gasteiger partial charge is 0.247 e. The third-order valence-electron chi connectivity index (χ3n) is 3.07. The lowest BCUT2D eigenvalue weighted by Crippen LogP contribution is -2.57. The Hall–Kier alpha value is -2.04. The number of rotatable bonds is 2. The predicted molar refractivity (Wildman–Crippen MR) is 70.7 cm³/mol. The summed E-state index contributed by atoms with van der Waals surface area (Å²) in [6.07, 6.45) is 0. The molecule has 1 fully saturated rings. The molecule has 2 amide bonds. The van der Waals surface area contributed by atoms with Crippen LogP contribution in [0.4, 0.5) is 11.4 Å². The molecule has 0 spiro atoms. The van der Waals surface area contributed by atoms with E-state index in [4.69, 9.17) is 0 Å². The predicted octanol–water partition coefficient (Wildman–Crippen LogP) is 0.604. The molecule has 2 rings (SSSR count). The topological polar surface area (TPSA) is 52.7 Å². The van der Waals surface area contributed by atoms with Gasteiger partial charge in [0, 0.05) is 14.1 Å². The van der Waals surface area contributed by atoms with Gasteiger partial charge in [-0.25, -0.2) is 0 Å². The molecule has 1 N–H and O–H groups in total. The summed E-state index contributed by atoms with van der Waals surface area (Å²) in [6.45, 7) is 1.80. The number of hydrogen-bond donors (Lipinski definition) is 1. The van der Waals surface area contributed by atoms with Crippen LogP contribution in [0, 0.1) is 0 Å². The highest BCUT2D eigenvalue weighted by Crippen LogP contribution is 2.30. The maximum atomic E-state index is 12.0. The van der Waals surface area contributed by atoms with E-state index in [1.165, 1.54) is 0 Å². The molecular formula is C13H17N3O2. The zero-order valence-electron chi connectivity index (χ0n) is 10.8. The number of anilines is 2. The monoisotopic (exact) mass is 247 g/mol. The maximum Gasteiger partial charge on any atom is 0.247 e. The third kappa shape index (κ3) is 2.03. The van der Waals surface area contributed by atoms with Crippen molar-refractivity contribution in [3.63, 3.8) is 0 Å². The molecule has 0 bridgehead atoms. The first-order chi connectivity index (χ1) is 8.52. The first kappa shape index (κ1) is 12.4. The van der Waals surface area contributed by atoms with Gasteiger partial charge in [-0.1, -0.05) is 12.1 Å². The molecule has 1 heterocycles. The van der Waals surface area contributed by atoms with E-state index in [1.54, 1.807) is 11.8 Å². The van der Waals surface area contributed by atoms with Gasteiger partial charge in [-0.05, 0) is 19.1 Å². The standard InChI is InChI=1S/C13H17N3O2/c1-9-13(18)14-8-12(17)16(9)11-7-5-4-6-10(11)15(2)3/h4-7,9H,8H2,1-3H3,(H,14,18). The Kier molecular flexibility index (Phi) is 3.23. The molecule has 1 aromatic carbocycles. The first-order valence-electron chi connectivity index (χ1n) is 5.88. The quantitative estimate of drug-likeness (QED) is 0.833. The van der Waals surface area contributed by atoms with Gasteiger partial charge in [-0.2, -0.15) is 0 Å². The van der Waals surface area contributed by atoms with Crippen molar-refractivity contribution in [1.29, 1.82) is 0 Å². The van der Waals surface area contributed by atoms with Gasteiger partial charge in [0.2, 0.25) is 11.8 Å². The van der Waals surface area contributed by atoms with Crippen LogP contribution in [-0.2, 0) is 9.59 Å². The van der Waals surface area contributed by atoms with Gasteiger partial charge in [0.1, 0.15) is 6.04 Å². The van der Waals surface area contributed by atoms with Crippen molar-refractivity contribution in [3.8, 4) is 0 Å². The summed E-state index contributed by atoms with van der Waals surface area (Å²) < 4.78 is 0. The van der Waals surface area contributed by atoms with E-state index in [1.807, 2.05) is 43.3 Å². The van der Waals surface area contributed by atoms with E-state index >= 15 is 0 Å². The van der Waals surface area contributed by atoms with Crippen molar-refractivity contribution in [2.75, 3.05) is 30.4 Å². The van der Waals surface area contributed by atoms with E-state index in [0.29, 0.717) is 0 Å². The summed E-state index contributed by atoms with van der Waals surface area (Å²) in [4.78, 5) is 27.2. The van der Waals surface area contributed by atoms with E-state index in [-0.39, 0.29) is 18.4 Å². The molecule has 5 nitrogen and oxygen atoms in total. The lowest BCUT2D eigenvalue weighted by molar-refractivity contribution is -0.130. The number of hydrogen-bond acceptors (Lipinski definition) is 3. The Labute approximate surface area is 106 Å². The van der Waals surface area contributed by atoms with Crippen molar-refractivity contribution in [2.45, 2.75) is 13.0 Å². The molecule has 1 aliphatic heterocycles. The van der Waals surface area contributed by atoms with Gasteiger partial charge >= 0.3 is 0 Å². The molecule has 18 heavy (non-hydrogen) atoms. The van der Waals surface area contributed by atoms with Crippen molar-refractivity contribution in [2.24, 2.45) is 0 Å². The summed E-state index contributed by atoms with van der Waals surface area (Å²) in [5.74, 6) is -0.209. The Balaban J connectivity index is 2.46. The molecular weight excluding hydrogens is 230 g/mol. The van der Waals surface area contributed by atoms with Crippen LogP contribution in [0.15, 0.2) is 24.3 Å². The second kappa shape index (κ2) is 4.68. The largest absolute Gasteiger partial charge is 0.376 e. The zero-order valence-corrected chi connectivity index (χ0v) is 10.8. The van der Waals surface area contributed by atoms with Gasteiger partial charge in [-0.15, -0.1) is 0 Å². The Morgan fingerprint density at radius 2 is 1.94 bits per heavy atom. The maximum absolute atomic E-state index is 12.0. The Bertz CT molecular complexity index is 485. The molecule has 96 valence electrons. The molecule has 1 unspecified atom stereocenters. The van der Waals surface area contributed by atoms with Gasteiger partial charge in [0.15, 0.2) is 0 Å². The van der Waals surface area contributed by atoms with Crippen molar-refractivity contribution >= 4 is 23.2 Å². The van der Waals surface area contributed by atoms with Crippen LogP contribution in [0.1, 0.15) is 6.92 Å². The molecule has 0 saturated carbocycles. The minimum Gasteiger partial charge on any atom is -0.376 e. The molecule has 1 saturated heterocycles. The van der Waals surface area contributed by atoms with Crippen molar-refractivity contribution in [3.05, 3.63) is 24.3 Å². The number of nitrogens with zero attached hydrogens (tertiary/aromatic N) is 2. The lowest BCUT2D eigenvalue weighted by atomic mass is 10.1. The summed E-state index contributed by atoms with van der Waals surface area (Å²) in [6, 6.07) is 7.10. The van der Waals surface area contributed by atoms with Crippen LogP contribution < -0.4 is 15.1 Å². The fourth-order valence-corrected chi connectivity index (χ4v) is 2.12. The van der Waals surface area contributed by atoms with E-state index in [0.717, 1.165) is 11.4 Å². The fourth-order valence-electron chi connectivity index (χ4n) is 2.12. The molecule has 0 aliphatic carbocycles. The third-order valence-corrected chi connectivity index (χ3v) is 3.07. The Morgan fingerprint density at radius 3 is 2.61 bits per heavy atom. The number of amides is 2. The van der Waals surface area contributed by atoms with Gasteiger partial charge in [0.05, 0.1) is 17.9 Å². The zero-order chi connectivity index (χ0) is 13.3. The first-order valence-corrected chi connectivity index (χ1v) is 5.88. The molecule has 1 aliphatic rings. The second-order valence-corrected chi connectivity index (χ2v) is 4.54. The highest BCUT2D eigenvalue weighted by Gasteiger charge is 2.33. The molecule has 0 aromatic heterocycles. The van der Waals surface area contributed by atoms with Crippen LogP contribution in [0.5, 0.6) is 0 Å². The van der Waals surface area contributed by atoms with Crippen LogP contribution in [0.25, 0.3) is 0 Å². The fraction of sp³-hybridized carbons (Fsp3) is 0.385. The number of nitrogens with one attached hydrogen (secondary N) is 1. The molecule has 1 aromatic rings. The van der Waals surface area contributed by atoms with Gasteiger partial charge in [-0.3, -0.25) is 14.5 Å². The van der Waals surface area contributed by atoms with E-state index < -0.39 is 6.04 Å². The molecule has 1 atom stereocenters. The molecule has 0 radical (unpaired) electrons. The number of carbonyl (C=O) groups is 2. The lowest BCUT2D eigenvalue weighted by Gasteiger charge is -2.35. The summed E-state index contributed by atoms with van der Waals surface area (Å²) >= 11 is 0. The minimum atomic E-state index is -0.479. The van der Waals surface area contributed by atoms with Crippen molar-refractivity contribution in [1.82, 2.24) is 5.32 Å². The van der Waals surface area contributed by atoms with Crippen molar-refractivity contribution < 1.29 is 9.59 Å². The number of para-hydroxylation sites is 2. The average molecular weight is 247 g/mol. The number of carbonyl (C=O) groups excluding carboxylic acids is 2. The number of piperazine rings is 1. The highest BCUT2D eigenvalue weighted by molar-refractivity contribution is 6.08. The van der Waals surface area contributed by atoms with E-state index in [9.17, 15) is 9.59 Å². The van der Waals surface area contributed by atoms with Crippen LogP contribution in [0.3, 0.4) is 0 Å². The van der Waals surface area contributed by atoms with Gasteiger partial charge in [0.25, 0.3) is 0 Å². The summed E-state index contributed by atoms with van der Waals surface area (Å²) in [7, 11) is 3.83. The van der Waals surface area contributed by atoms with Crippen LogP contribution >= 0.6 is 0 Å². The highest BCUT2D eigenvalue weighted by atomic mass is 16.2. The molecule has 5 heteroatoms.